The van der Waals surface area contributed by atoms with Gasteiger partial charge in [0.15, 0.2) is 11.2 Å². The molecular weight excluding hydrogens is 378 g/mol. The number of imidazole rings is 2. The van der Waals surface area contributed by atoms with Gasteiger partial charge in [0.05, 0.1) is 19.3 Å². The van der Waals surface area contributed by atoms with E-state index >= 15 is 0 Å². The van der Waals surface area contributed by atoms with Gasteiger partial charge in [-0.05, 0) is 33.6 Å². The molecule has 1 atom stereocenters. The zero-order chi connectivity index (χ0) is 20.9. The molecule has 0 amide bonds. The van der Waals surface area contributed by atoms with E-state index in [0.717, 1.165) is 35.4 Å². The molecule has 10 nitrogen and oxygen atoms in total. The first-order valence-electron chi connectivity index (χ1n) is 9.80. The maximum Gasteiger partial charge on any atom is 0.333 e. The summed E-state index contributed by atoms with van der Waals surface area (Å²) in [5.74, 6) is -0.0397. The summed E-state index contributed by atoms with van der Waals surface area (Å²) in [5, 5.41) is 0. The van der Waals surface area contributed by atoms with Gasteiger partial charge in [-0.15, -0.1) is 0 Å². The second-order valence-electron chi connectivity index (χ2n) is 7.37. The number of hydrogen-bond donors (Lipinski definition) is 0. The molecule has 1 aliphatic heterocycles. The molecule has 3 aromatic rings. The number of rotatable bonds is 5. The fourth-order valence-electron chi connectivity index (χ4n) is 4.00. The van der Waals surface area contributed by atoms with Crippen LogP contribution in [0.15, 0.2) is 9.59 Å². The molecule has 4 rings (SSSR count). The Kier molecular flexibility index (Phi) is 4.81. The van der Waals surface area contributed by atoms with Crippen molar-refractivity contribution in [3.63, 3.8) is 0 Å². The zero-order valence-electron chi connectivity index (χ0n) is 17.1. The number of ether oxygens (including phenoxy) is 2. The van der Waals surface area contributed by atoms with Crippen LogP contribution < -0.4 is 11.2 Å². The quantitative estimate of drug-likeness (QED) is 0.575. The predicted molar refractivity (Wildman–Crippen MR) is 105 cm³/mol. The molecule has 0 aromatic carbocycles. The number of fused-ring (bicyclic) bond motifs is 3. The van der Waals surface area contributed by atoms with Gasteiger partial charge < -0.3 is 14.0 Å². The lowest BCUT2D eigenvalue weighted by molar-refractivity contribution is -0.143. The largest absolute Gasteiger partial charge is 0.465 e. The second-order valence-corrected chi connectivity index (χ2v) is 7.37. The van der Waals surface area contributed by atoms with E-state index in [0.29, 0.717) is 18.0 Å². The first-order chi connectivity index (χ1) is 13.8. The van der Waals surface area contributed by atoms with Gasteiger partial charge in [-0.25, -0.2) is 9.36 Å². The Morgan fingerprint density at radius 2 is 2.00 bits per heavy atom. The highest BCUT2D eigenvalue weighted by Gasteiger charge is 2.25. The molecule has 0 saturated carbocycles. The van der Waals surface area contributed by atoms with Gasteiger partial charge in [0, 0.05) is 25.0 Å². The first-order valence-corrected chi connectivity index (χ1v) is 9.80. The average Bonchev–Trinajstić information content (AvgIpc) is 3.38. The maximum atomic E-state index is 13.2. The summed E-state index contributed by atoms with van der Waals surface area (Å²) >= 11 is 0. The highest BCUT2D eigenvalue weighted by molar-refractivity contribution is 5.77. The maximum absolute atomic E-state index is 13.2. The summed E-state index contributed by atoms with van der Waals surface area (Å²) in [6.45, 7) is 6.70. The van der Waals surface area contributed by atoms with Gasteiger partial charge in [0.2, 0.25) is 5.78 Å². The van der Waals surface area contributed by atoms with Crippen LogP contribution in [0.4, 0.5) is 0 Å². The molecule has 0 unspecified atom stereocenters. The van der Waals surface area contributed by atoms with Crippen LogP contribution >= 0.6 is 0 Å². The summed E-state index contributed by atoms with van der Waals surface area (Å²) in [6, 6.07) is 0. The number of aryl methyl sites for hydroxylation is 2. The lowest BCUT2D eigenvalue weighted by atomic mass is 10.2. The molecular formula is C19H25N5O5. The Bertz CT molecular complexity index is 1220. The van der Waals surface area contributed by atoms with Gasteiger partial charge in [-0.3, -0.25) is 18.6 Å². The number of aromatic nitrogens is 5. The molecule has 3 aromatic heterocycles. The Morgan fingerprint density at radius 3 is 2.66 bits per heavy atom. The van der Waals surface area contributed by atoms with Gasteiger partial charge in [0.25, 0.3) is 5.56 Å². The minimum absolute atomic E-state index is 0.105. The smallest absolute Gasteiger partial charge is 0.333 e. The molecule has 4 heterocycles. The highest BCUT2D eigenvalue weighted by atomic mass is 16.5. The summed E-state index contributed by atoms with van der Waals surface area (Å²) in [5.41, 5.74) is 1.25. The van der Waals surface area contributed by atoms with Crippen molar-refractivity contribution in [2.24, 2.45) is 7.05 Å². The second kappa shape index (κ2) is 7.18. The molecule has 1 aliphatic rings. The lowest BCUT2D eigenvalue weighted by Gasteiger charge is -2.12. The third-order valence-electron chi connectivity index (χ3n) is 5.63. The van der Waals surface area contributed by atoms with Crippen molar-refractivity contribution < 1.29 is 14.3 Å². The van der Waals surface area contributed by atoms with Crippen LogP contribution in [-0.4, -0.2) is 48.4 Å². The Labute approximate surface area is 166 Å². The van der Waals surface area contributed by atoms with E-state index in [9.17, 15) is 14.4 Å². The van der Waals surface area contributed by atoms with Gasteiger partial charge in [-0.2, -0.15) is 4.98 Å². The summed E-state index contributed by atoms with van der Waals surface area (Å²) in [4.78, 5) is 42.4. The van der Waals surface area contributed by atoms with E-state index in [1.807, 2.05) is 18.4 Å². The highest BCUT2D eigenvalue weighted by Crippen LogP contribution is 2.23. The number of carbonyl (C=O) groups excluding carboxylic acids is 1. The molecule has 0 spiro atoms. The average molecular weight is 403 g/mol. The molecule has 0 N–H and O–H groups in total. The van der Waals surface area contributed by atoms with Gasteiger partial charge in [0.1, 0.15) is 6.54 Å². The number of carbonyl (C=O) groups is 1. The minimum atomic E-state index is -0.629. The van der Waals surface area contributed by atoms with Crippen LogP contribution in [0.2, 0.25) is 0 Å². The van der Waals surface area contributed by atoms with Crippen LogP contribution in [0.5, 0.6) is 0 Å². The minimum Gasteiger partial charge on any atom is -0.465 e. The van der Waals surface area contributed by atoms with E-state index < -0.39 is 23.8 Å². The number of esters is 1. The molecule has 10 heteroatoms. The molecule has 1 saturated heterocycles. The standard InChI is InChI=1S/C19H25N5O5/c1-5-28-14(25)10-23-17(26)15-16(21(4)19(23)27)20-18-22(9-13-7-6-8-29-13)11(2)12(3)24(15)18/h13H,5-10H2,1-4H3/t13-/m0/s1. The van der Waals surface area contributed by atoms with Crippen molar-refractivity contribution in [2.45, 2.75) is 52.8 Å². The van der Waals surface area contributed by atoms with Gasteiger partial charge >= 0.3 is 11.7 Å². The Morgan fingerprint density at radius 1 is 1.24 bits per heavy atom. The summed E-state index contributed by atoms with van der Waals surface area (Å²) in [6.07, 6.45) is 2.12. The van der Waals surface area contributed by atoms with Crippen LogP contribution in [0, 0.1) is 13.8 Å². The molecule has 156 valence electrons. The van der Waals surface area contributed by atoms with Crippen LogP contribution in [0.25, 0.3) is 16.9 Å². The third-order valence-corrected chi connectivity index (χ3v) is 5.63. The molecule has 1 fully saturated rings. The topological polar surface area (TPSA) is 102 Å². The van der Waals surface area contributed by atoms with Crippen LogP contribution in [-0.2, 0) is 34.4 Å². The van der Waals surface area contributed by atoms with Crippen LogP contribution in [0.3, 0.4) is 0 Å². The van der Waals surface area contributed by atoms with Gasteiger partial charge in [-0.1, -0.05) is 0 Å². The molecule has 0 bridgehead atoms. The lowest BCUT2D eigenvalue weighted by Crippen LogP contribution is -2.41. The van der Waals surface area contributed by atoms with E-state index in [1.54, 1.807) is 18.4 Å². The van der Waals surface area contributed by atoms with Crippen molar-refractivity contribution >= 4 is 22.9 Å². The van der Waals surface area contributed by atoms with Crippen molar-refractivity contribution in [3.05, 3.63) is 32.2 Å². The normalized spacial score (nSPS) is 16.9. The first kappa shape index (κ1) is 19.4. The van der Waals surface area contributed by atoms with E-state index in [4.69, 9.17) is 9.47 Å². The van der Waals surface area contributed by atoms with Crippen molar-refractivity contribution in [1.82, 2.24) is 23.1 Å². The summed E-state index contributed by atoms with van der Waals surface area (Å²) in [7, 11) is 1.55. The Balaban J connectivity index is 1.95. The van der Waals surface area contributed by atoms with Crippen molar-refractivity contribution in [2.75, 3.05) is 13.2 Å². The van der Waals surface area contributed by atoms with E-state index in [-0.39, 0.29) is 18.2 Å². The van der Waals surface area contributed by atoms with Crippen molar-refractivity contribution in [1.29, 1.82) is 0 Å². The SMILES string of the molecule is CCOC(=O)Cn1c(=O)c2c(nc3n(C[C@@H]4CCCO4)c(C)c(C)n23)n(C)c1=O. The molecule has 29 heavy (non-hydrogen) atoms. The fourth-order valence-corrected chi connectivity index (χ4v) is 4.00. The molecule has 0 aliphatic carbocycles. The van der Waals surface area contributed by atoms with Crippen molar-refractivity contribution in [3.8, 4) is 0 Å². The van der Waals surface area contributed by atoms with E-state index in [1.165, 1.54) is 4.57 Å². The zero-order valence-corrected chi connectivity index (χ0v) is 17.1. The van der Waals surface area contributed by atoms with Crippen LogP contribution in [0.1, 0.15) is 31.2 Å². The predicted octanol–water partition coefficient (Wildman–Crippen LogP) is 0.508. The monoisotopic (exact) mass is 403 g/mol. The summed E-state index contributed by atoms with van der Waals surface area (Å²) < 4.78 is 16.7. The number of nitrogens with zero attached hydrogens (tertiary/aromatic N) is 5. The van der Waals surface area contributed by atoms with E-state index in [2.05, 4.69) is 4.98 Å². The fraction of sp³-hybridized carbons (Fsp3) is 0.579. The molecule has 0 radical (unpaired) electrons. The third kappa shape index (κ3) is 2.98. The number of hydrogen-bond acceptors (Lipinski definition) is 6. The Hall–Kier alpha value is -2.88.